The Bertz CT molecular complexity index is 744. The van der Waals surface area contributed by atoms with Gasteiger partial charge < -0.3 is 9.42 Å². The predicted molar refractivity (Wildman–Crippen MR) is 82.1 cm³/mol. The number of benzene rings is 1. The molecule has 114 valence electrons. The Hall–Kier alpha value is -2.70. The van der Waals surface area contributed by atoms with Gasteiger partial charge in [-0.25, -0.2) is 4.68 Å². The quantitative estimate of drug-likeness (QED) is 0.737. The molecule has 0 amide bonds. The van der Waals surface area contributed by atoms with Crippen LogP contribution in [0.5, 0.6) is 0 Å². The van der Waals surface area contributed by atoms with Crippen molar-refractivity contribution in [3.63, 3.8) is 0 Å². The van der Waals surface area contributed by atoms with Gasteiger partial charge in [0.15, 0.2) is 5.76 Å². The first-order valence-electron chi connectivity index (χ1n) is 7.09. The highest BCUT2D eigenvalue weighted by Crippen LogP contribution is 2.30. The van der Waals surface area contributed by atoms with Crippen LogP contribution >= 0.6 is 0 Å². The Balaban J connectivity index is 1.99. The lowest BCUT2D eigenvalue weighted by Gasteiger charge is -2.20. The molecule has 3 rings (SSSR count). The number of hydrogen-bond acceptors (Lipinski definition) is 6. The fourth-order valence-electron chi connectivity index (χ4n) is 2.59. The summed E-state index contributed by atoms with van der Waals surface area (Å²) in [5, 5.41) is 16.1. The van der Waals surface area contributed by atoms with E-state index in [1.54, 1.807) is 4.68 Å². The van der Waals surface area contributed by atoms with Crippen LogP contribution in [0.15, 0.2) is 34.9 Å². The van der Waals surface area contributed by atoms with E-state index >= 15 is 0 Å². The van der Waals surface area contributed by atoms with E-state index in [1.807, 2.05) is 44.0 Å². The number of aryl methyl sites for hydroxylation is 2. The zero-order valence-electron chi connectivity index (χ0n) is 13.1. The summed E-state index contributed by atoms with van der Waals surface area (Å²) < 4.78 is 7.02. The van der Waals surface area contributed by atoms with Gasteiger partial charge in [0, 0.05) is 7.05 Å². The summed E-state index contributed by atoms with van der Waals surface area (Å²) in [6.45, 7) is 5.84. The average Bonchev–Trinajstić information content (AvgIpc) is 3.14. The van der Waals surface area contributed by atoms with Crippen LogP contribution in [-0.2, 0) is 0 Å². The summed E-state index contributed by atoms with van der Waals surface area (Å²) in [5.74, 6) is 1.38. The van der Waals surface area contributed by atoms with Crippen molar-refractivity contribution in [2.75, 3.05) is 11.9 Å². The number of hydrogen-bond donors (Lipinski definition) is 0. The van der Waals surface area contributed by atoms with Crippen LogP contribution < -0.4 is 4.90 Å². The van der Waals surface area contributed by atoms with Crippen molar-refractivity contribution in [1.29, 1.82) is 0 Å². The largest absolute Gasteiger partial charge is 0.359 e. The summed E-state index contributed by atoms with van der Waals surface area (Å²) in [7, 11) is 1.91. The molecule has 0 fully saturated rings. The van der Waals surface area contributed by atoms with Crippen LogP contribution in [0.25, 0.3) is 0 Å². The summed E-state index contributed by atoms with van der Waals surface area (Å²) >= 11 is 0. The van der Waals surface area contributed by atoms with E-state index in [-0.39, 0.29) is 6.04 Å². The van der Waals surface area contributed by atoms with Crippen LogP contribution in [0, 0.1) is 13.8 Å². The molecule has 1 aromatic carbocycles. The van der Waals surface area contributed by atoms with Gasteiger partial charge in [-0.05, 0) is 36.8 Å². The molecule has 7 nitrogen and oxygen atoms in total. The number of nitrogens with zero attached hydrogens (tertiary/aromatic N) is 6. The van der Waals surface area contributed by atoms with Crippen molar-refractivity contribution in [3.05, 3.63) is 47.3 Å². The highest BCUT2D eigenvalue weighted by Gasteiger charge is 2.22. The number of anilines is 2. The molecule has 0 aliphatic heterocycles. The molecule has 0 aliphatic rings. The highest BCUT2D eigenvalue weighted by molar-refractivity contribution is 5.60. The van der Waals surface area contributed by atoms with E-state index < -0.39 is 0 Å². The third-order valence-electron chi connectivity index (χ3n) is 3.76. The van der Waals surface area contributed by atoms with Crippen LogP contribution in [0.1, 0.15) is 30.0 Å². The van der Waals surface area contributed by atoms with Gasteiger partial charge in [0.05, 0.1) is 6.04 Å². The van der Waals surface area contributed by atoms with Gasteiger partial charge in [-0.3, -0.25) is 0 Å². The zero-order chi connectivity index (χ0) is 15.7. The maximum atomic E-state index is 5.23. The van der Waals surface area contributed by atoms with E-state index in [4.69, 9.17) is 4.52 Å². The van der Waals surface area contributed by atoms with Gasteiger partial charge in [-0.2, -0.15) is 0 Å². The number of aromatic nitrogens is 5. The second-order valence-electron chi connectivity index (χ2n) is 5.24. The van der Waals surface area contributed by atoms with Crippen molar-refractivity contribution in [2.24, 2.45) is 0 Å². The SMILES string of the molecule is Cc1noc(C)c1N(C)c1nnnn1C(C)c1ccccc1. The van der Waals surface area contributed by atoms with E-state index in [1.165, 1.54) is 0 Å². The standard InChI is InChI=1S/C15H18N6O/c1-10-14(12(3)22-17-10)20(4)15-16-18-19-21(15)11(2)13-8-6-5-7-9-13/h5-9,11H,1-4H3. The molecule has 1 unspecified atom stereocenters. The van der Waals surface area contributed by atoms with Crippen molar-refractivity contribution < 1.29 is 4.52 Å². The summed E-state index contributed by atoms with van der Waals surface area (Å²) in [4.78, 5) is 1.90. The van der Waals surface area contributed by atoms with Crippen LogP contribution in [-0.4, -0.2) is 32.4 Å². The Morgan fingerprint density at radius 3 is 2.55 bits per heavy atom. The summed E-state index contributed by atoms with van der Waals surface area (Å²) in [6, 6.07) is 10.2. The van der Waals surface area contributed by atoms with Crippen LogP contribution in [0.4, 0.5) is 11.6 Å². The van der Waals surface area contributed by atoms with Gasteiger partial charge >= 0.3 is 0 Å². The van der Waals surface area contributed by atoms with E-state index in [9.17, 15) is 0 Å². The first-order chi connectivity index (χ1) is 10.6. The second kappa shape index (κ2) is 5.59. The van der Waals surface area contributed by atoms with Crippen molar-refractivity contribution in [2.45, 2.75) is 26.8 Å². The fraction of sp³-hybridized carbons (Fsp3) is 0.333. The second-order valence-corrected chi connectivity index (χ2v) is 5.24. The molecule has 2 heterocycles. The maximum Gasteiger partial charge on any atom is 0.250 e. The highest BCUT2D eigenvalue weighted by atomic mass is 16.5. The Morgan fingerprint density at radius 2 is 1.91 bits per heavy atom. The fourth-order valence-corrected chi connectivity index (χ4v) is 2.59. The molecule has 1 atom stereocenters. The van der Waals surface area contributed by atoms with Crippen LogP contribution in [0.2, 0.25) is 0 Å². The maximum absolute atomic E-state index is 5.23. The van der Waals surface area contributed by atoms with E-state index in [0.29, 0.717) is 5.95 Å². The van der Waals surface area contributed by atoms with Gasteiger partial charge in [-0.15, -0.1) is 0 Å². The predicted octanol–water partition coefficient (Wildman–Crippen LogP) is 2.66. The first-order valence-corrected chi connectivity index (χ1v) is 7.09. The van der Waals surface area contributed by atoms with Gasteiger partial charge in [0.2, 0.25) is 5.95 Å². The topological polar surface area (TPSA) is 72.9 Å². The molecule has 0 aliphatic carbocycles. The van der Waals surface area contributed by atoms with Crippen molar-refractivity contribution >= 4 is 11.6 Å². The average molecular weight is 298 g/mol. The van der Waals surface area contributed by atoms with E-state index in [0.717, 1.165) is 22.7 Å². The lowest BCUT2D eigenvalue weighted by atomic mass is 10.1. The minimum absolute atomic E-state index is 0.0223. The molecular weight excluding hydrogens is 280 g/mol. The molecule has 0 spiro atoms. The third kappa shape index (κ3) is 2.34. The number of tetrazole rings is 1. The van der Waals surface area contributed by atoms with Gasteiger partial charge in [0.1, 0.15) is 11.4 Å². The molecule has 0 radical (unpaired) electrons. The summed E-state index contributed by atoms with van der Waals surface area (Å²) in [5.41, 5.74) is 2.83. The lowest BCUT2D eigenvalue weighted by Crippen LogP contribution is -2.20. The van der Waals surface area contributed by atoms with Gasteiger partial charge in [0.25, 0.3) is 0 Å². The minimum atomic E-state index is 0.0223. The van der Waals surface area contributed by atoms with Crippen LogP contribution in [0.3, 0.4) is 0 Å². The Kier molecular flexibility index (Phi) is 3.62. The lowest BCUT2D eigenvalue weighted by molar-refractivity contribution is 0.393. The molecular formula is C15H18N6O. The molecule has 7 heteroatoms. The smallest absolute Gasteiger partial charge is 0.250 e. The number of rotatable bonds is 4. The molecule has 2 aromatic heterocycles. The third-order valence-corrected chi connectivity index (χ3v) is 3.76. The first kappa shape index (κ1) is 14.2. The molecule has 0 bridgehead atoms. The molecule has 0 saturated carbocycles. The monoisotopic (exact) mass is 298 g/mol. The van der Waals surface area contributed by atoms with E-state index in [2.05, 4.69) is 39.7 Å². The van der Waals surface area contributed by atoms with Crippen molar-refractivity contribution in [1.82, 2.24) is 25.4 Å². The molecule has 3 aromatic rings. The Labute approximate surface area is 128 Å². The molecule has 0 N–H and O–H groups in total. The molecule has 0 saturated heterocycles. The normalized spacial score (nSPS) is 12.4. The minimum Gasteiger partial charge on any atom is -0.359 e. The Morgan fingerprint density at radius 1 is 1.18 bits per heavy atom. The zero-order valence-corrected chi connectivity index (χ0v) is 13.1. The van der Waals surface area contributed by atoms with Crippen molar-refractivity contribution in [3.8, 4) is 0 Å². The van der Waals surface area contributed by atoms with Gasteiger partial charge in [-0.1, -0.05) is 40.6 Å². The summed E-state index contributed by atoms with van der Waals surface area (Å²) in [6.07, 6.45) is 0. The molecule has 22 heavy (non-hydrogen) atoms.